The third kappa shape index (κ3) is 3.37. The summed E-state index contributed by atoms with van der Waals surface area (Å²) in [5.41, 5.74) is 1.18. The molecule has 2 aromatic rings. The van der Waals surface area contributed by atoms with E-state index in [0.717, 1.165) is 17.3 Å². The lowest BCUT2D eigenvalue weighted by Gasteiger charge is -2.18. The van der Waals surface area contributed by atoms with Crippen molar-refractivity contribution in [3.8, 4) is 0 Å². The lowest BCUT2D eigenvalue weighted by Crippen LogP contribution is -2.10. The topological polar surface area (TPSA) is 24.9 Å². The molecule has 18 heavy (non-hydrogen) atoms. The number of nitrogens with one attached hydrogen (secondary N) is 1. The summed E-state index contributed by atoms with van der Waals surface area (Å²) < 4.78 is 0. The van der Waals surface area contributed by atoms with Crippen molar-refractivity contribution in [2.24, 2.45) is 0 Å². The predicted molar refractivity (Wildman–Crippen MR) is 77.4 cm³/mol. The Labute approximate surface area is 117 Å². The third-order valence-electron chi connectivity index (χ3n) is 2.72. The highest BCUT2D eigenvalue weighted by Gasteiger charge is 2.09. The van der Waals surface area contributed by atoms with Crippen LogP contribution in [0.15, 0.2) is 42.5 Å². The average molecular weight is 281 g/mol. The Balaban J connectivity index is 2.17. The first kappa shape index (κ1) is 13.2. The van der Waals surface area contributed by atoms with E-state index in [1.807, 2.05) is 36.4 Å². The van der Waals surface area contributed by atoms with Crippen LogP contribution in [0.5, 0.6) is 0 Å². The molecule has 0 spiro atoms. The molecule has 0 aliphatic carbocycles. The molecule has 1 heterocycles. The predicted octanol–water partition coefficient (Wildman–Crippen LogP) is 4.95. The third-order valence-corrected chi connectivity index (χ3v) is 3.18. The largest absolute Gasteiger partial charge is 0.363 e. The summed E-state index contributed by atoms with van der Waals surface area (Å²) in [6, 6.07) is 13.6. The molecule has 0 saturated heterocycles. The number of hydrogen-bond acceptors (Lipinski definition) is 2. The van der Waals surface area contributed by atoms with Gasteiger partial charge < -0.3 is 5.32 Å². The van der Waals surface area contributed by atoms with E-state index in [0.29, 0.717) is 5.15 Å². The molecule has 2 nitrogen and oxygen atoms in total. The van der Waals surface area contributed by atoms with E-state index in [1.165, 1.54) is 5.56 Å². The fourth-order valence-corrected chi connectivity index (χ4v) is 2.07. The molecule has 1 aromatic heterocycles. The molecule has 0 aliphatic rings. The minimum absolute atomic E-state index is 0.202. The molecule has 1 atom stereocenters. The number of hydrogen-bond donors (Lipinski definition) is 1. The lowest BCUT2D eigenvalue weighted by atomic mass is 10.0. The molecule has 2 rings (SSSR count). The van der Waals surface area contributed by atoms with Crippen molar-refractivity contribution in [3.63, 3.8) is 0 Å². The Hall–Kier alpha value is -1.25. The summed E-state index contributed by atoms with van der Waals surface area (Å²) in [5.74, 6) is 0.782. The summed E-state index contributed by atoms with van der Waals surface area (Å²) in [6.45, 7) is 2.12. The number of rotatable bonds is 4. The second kappa shape index (κ2) is 6.07. The van der Waals surface area contributed by atoms with Gasteiger partial charge in [0.15, 0.2) is 0 Å². The van der Waals surface area contributed by atoms with Crippen molar-refractivity contribution in [1.82, 2.24) is 4.98 Å². The van der Waals surface area contributed by atoms with Gasteiger partial charge in [0.05, 0.1) is 6.04 Å². The number of halogens is 2. The van der Waals surface area contributed by atoms with Gasteiger partial charge >= 0.3 is 0 Å². The SMILES string of the molecule is CCC(Nc1cccc(Cl)n1)c1ccc(Cl)cc1. The zero-order valence-corrected chi connectivity index (χ0v) is 11.5. The van der Waals surface area contributed by atoms with Gasteiger partial charge in [-0.2, -0.15) is 0 Å². The molecule has 1 unspecified atom stereocenters. The Bertz CT molecular complexity index is 511. The fourth-order valence-electron chi connectivity index (χ4n) is 1.78. The number of pyridine rings is 1. The van der Waals surface area contributed by atoms with Gasteiger partial charge in [-0.1, -0.05) is 48.3 Å². The Morgan fingerprint density at radius 3 is 2.44 bits per heavy atom. The fraction of sp³-hybridized carbons (Fsp3) is 0.214. The summed E-state index contributed by atoms with van der Waals surface area (Å²) in [6.07, 6.45) is 0.954. The van der Waals surface area contributed by atoms with E-state index < -0.39 is 0 Å². The second-order valence-electron chi connectivity index (χ2n) is 4.00. The molecule has 0 saturated carbocycles. The monoisotopic (exact) mass is 280 g/mol. The number of benzene rings is 1. The van der Waals surface area contributed by atoms with Crippen LogP contribution in [0.2, 0.25) is 10.2 Å². The van der Waals surface area contributed by atoms with E-state index in [-0.39, 0.29) is 6.04 Å². The molecule has 4 heteroatoms. The molecule has 0 aliphatic heterocycles. The van der Waals surface area contributed by atoms with Gasteiger partial charge in [-0.25, -0.2) is 4.98 Å². The maximum absolute atomic E-state index is 5.89. The van der Waals surface area contributed by atoms with Gasteiger partial charge in [0.2, 0.25) is 0 Å². The lowest BCUT2D eigenvalue weighted by molar-refractivity contribution is 0.745. The maximum Gasteiger partial charge on any atom is 0.131 e. The smallest absolute Gasteiger partial charge is 0.131 e. The van der Waals surface area contributed by atoms with Gasteiger partial charge in [0, 0.05) is 5.02 Å². The van der Waals surface area contributed by atoms with Crippen molar-refractivity contribution in [1.29, 1.82) is 0 Å². The highest BCUT2D eigenvalue weighted by Crippen LogP contribution is 2.23. The first-order chi connectivity index (χ1) is 8.69. The first-order valence-corrected chi connectivity index (χ1v) is 6.59. The molecular formula is C14H14Cl2N2. The standard InChI is InChI=1S/C14H14Cl2N2/c1-2-12(10-6-8-11(15)9-7-10)17-14-5-3-4-13(16)18-14/h3-9,12H,2H2,1H3,(H,17,18). The van der Waals surface area contributed by atoms with Crippen LogP contribution in [-0.2, 0) is 0 Å². The van der Waals surface area contributed by atoms with Crippen LogP contribution >= 0.6 is 23.2 Å². The molecule has 0 fully saturated rings. The number of aromatic nitrogens is 1. The van der Waals surface area contributed by atoms with Crippen molar-refractivity contribution in [3.05, 3.63) is 58.2 Å². The van der Waals surface area contributed by atoms with Gasteiger partial charge in [0.25, 0.3) is 0 Å². The maximum atomic E-state index is 5.89. The molecule has 0 radical (unpaired) electrons. The summed E-state index contributed by atoms with van der Waals surface area (Å²) >= 11 is 11.8. The van der Waals surface area contributed by atoms with Crippen LogP contribution in [0.4, 0.5) is 5.82 Å². The molecule has 1 aromatic carbocycles. The molecule has 1 N–H and O–H groups in total. The highest BCUT2D eigenvalue weighted by atomic mass is 35.5. The normalized spacial score (nSPS) is 12.2. The Morgan fingerprint density at radius 2 is 1.83 bits per heavy atom. The van der Waals surface area contributed by atoms with Crippen molar-refractivity contribution >= 4 is 29.0 Å². The van der Waals surface area contributed by atoms with Crippen LogP contribution in [0.25, 0.3) is 0 Å². The van der Waals surface area contributed by atoms with Gasteiger partial charge in [-0.05, 0) is 36.2 Å². The van der Waals surface area contributed by atoms with E-state index in [1.54, 1.807) is 6.07 Å². The van der Waals surface area contributed by atoms with Crippen molar-refractivity contribution < 1.29 is 0 Å². The number of nitrogens with zero attached hydrogens (tertiary/aromatic N) is 1. The van der Waals surface area contributed by atoms with Crippen molar-refractivity contribution in [2.45, 2.75) is 19.4 Å². The van der Waals surface area contributed by atoms with Gasteiger partial charge in [-0.15, -0.1) is 0 Å². The summed E-state index contributed by atoms with van der Waals surface area (Å²) in [5, 5.41) is 4.60. The minimum atomic E-state index is 0.202. The molecule has 0 amide bonds. The van der Waals surface area contributed by atoms with E-state index in [4.69, 9.17) is 23.2 Å². The van der Waals surface area contributed by atoms with Crippen LogP contribution in [0.3, 0.4) is 0 Å². The molecule has 94 valence electrons. The Kier molecular flexibility index (Phi) is 4.45. The quantitative estimate of drug-likeness (QED) is 0.802. The second-order valence-corrected chi connectivity index (χ2v) is 4.83. The van der Waals surface area contributed by atoms with Crippen LogP contribution in [0.1, 0.15) is 24.9 Å². The average Bonchev–Trinajstić information content (AvgIpc) is 2.37. The Morgan fingerprint density at radius 1 is 1.11 bits per heavy atom. The van der Waals surface area contributed by atoms with E-state index in [2.05, 4.69) is 17.2 Å². The minimum Gasteiger partial charge on any atom is -0.363 e. The van der Waals surface area contributed by atoms with Crippen LogP contribution in [0, 0.1) is 0 Å². The zero-order chi connectivity index (χ0) is 13.0. The number of anilines is 1. The van der Waals surface area contributed by atoms with Gasteiger partial charge in [0.1, 0.15) is 11.0 Å². The molecular weight excluding hydrogens is 267 g/mol. The highest BCUT2D eigenvalue weighted by molar-refractivity contribution is 6.30. The first-order valence-electron chi connectivity index (χ1n) is 5.83. The van der Waals surface area contributed by atoms with Gasteiger partial charge in [-0.3, -0.25) is 0 Å². The van der Waals surface area contributed by atoms with E-state index >= 15 is 0 Å². The van der Waals surface area contributed by atoms with E-state index in [9.17, 15) is 0 Å². The van der Waals surface area contributed by atoms with Crippen molar-refractivity contribution in [2.75, 3.05) is 5.32 Å². The zero-order valence-electron chi connectivity index (χ0n) is 10.0. The van der Waals surface area contributed by atoms with Crippen LogP contribution in [-0.4, -0.2) is 4.98 Å². The molecule has 0 bridgehead atoms. The summed E-state index contributed by atoms with van der Waals surface area (Å²) in [4.78, 5) is 4.23. The van der Waals surface area contributed by atoms with Crippen LogP contribution < -0.4 is 5.32 Å². The summed E-state index contributed by atoms with van der Waals surface area (Å²) in [7, 11) is 0.